The molecule has 0 rings (SSSR count). The molecule has 0 unspecified atom stereocenters. The van der Waals surface area contributed by atoms with Gasteiger partial charge in [0.1, 0.15) is 0 Å². The summed E-state index contributed by atoms with van der Waals surface area (Å²) in [5, 5.41) is 11.8. The molecule has 0 atom stereocenters. The Morgan fingerprint density at radius 3 is 1.92 bits per heavy atom. The average Bonchev–Trinajstić information content (AvgIpc) is 2.57. The SMILES string of the molecule is CC(C)(C)CCC(=O)OCCCCCCOC(=O)CCNCCCCO. The Kier molecular flexibility index (Phi) is 15.4. The summed E-state index contributed by atoms with van der Waals surface area (Å²) in [5.41, 5.74) is 0.159. The number of aliphatic hydroxyl groups excluding tert-OH is 1. The Morgan fingerprint density at radius 2 is 1.38 bits per heavy atom. The van der Waals surface area contributed by atoms with Crippen LogP contribution in [0.4, 0.5) is 0 Å². The zero-order valence-corrected chi connectivity index (χ0v) is 17.0. The number of unbranched alkanes of at least 4 members (excludes halogenated alkanes) is 4. The van der Waals surface area contributed by atoms with Gasteiger partial charge in [0.15, 0.2) is 0 Å². The molecule has 0 saturated heterocycles. The van der Waals surface area contributed by atoms with Crippen LogP contribution >= 0.6 is 0 Å². The lowest BCUT2D eigenvalue weighted by Crippen LogP contribution is -2.20. The summed E-state index contributed by atoms with van der Waals surface area (Å²) in [6.07, 6.45) is 7.03. The van der Waals surface area contributed by atoms with E-state index in [-0.39, 0.29) is 24.0 Å². The Bertz CT molecular complexity index is 366. The van der Waals surface area contributed by atoms with E-state index in [1.54, 1.807) is 0 Å². The van der Waals surface area contributed by atoms with E-state index in [0.29, 0.717) is 32.6 Å². The molecule has 154 valence electrons. The van der Waals surface area contributed by atoms with Gasteiger partial charge in [-0.1, -0.05) is 20.8 Å². The summed E-state index contributed by atoms with van der Waals surface area (Å²) in [5.74, 6) is -0.286. The molecule has 0 spiro atoms. The zero-order chi connectivity index (χ0) is 19.7. The van der Waals surface area contributed by atoms with Crippen molar-refractivity contribution in [1.29, 1.82) is 0 Å². The predicted octanol–water partition coefficient (Wildman–Crippen LogP) is 3.21. The van der Waals surface area contributed by atoms with E-state index in [9.17, 15) is 9.59 Å². The average molecular weight is 374 g/mol. The highest BCUT2D eigenvalue weighted by atomic mass is 16.5. The Labute approximate surface area is 159 Å². The third kappa shape index (κ3) is 19.2. The molecule has 2 N–H and O–H groups in total. The van der Waals surface area contributed by atoms with Crippen molar-refractivity contribution >= 4 is 11.9 Å². The van der Waals surface area contributed by atoms with Crippen LogP contribution in [-0.2, 0) is 19.1 Å². The first-order valence-corrected chi connectivity index (χ1v) is 9.98. The lowest BCUT2D eigenvalue weighted by Gasteiger charge is -2.16. The van der Waals surface area contributed by atoms with Crippen molar-refractivity contribution in [2.45, 2.75) is 78.6 Å². The smallest absolute Gasteiger partial charge is 0.307 e. The van der Waals surface area contributed by atoms with E-state index in [1.165, 1.54) is 0 Å². The van der Waals surface area contributed by atoms with Gasteiger partial charge in [-0.2, -0.15) is 0 Å². The van der Waals surface area contributed by atoms with Crippen LogP contribution in [0, 0.1) is 5.41 Å². The van der Waals surface area contributed by atoms with Gasteiger partial charge in [-0.05, 0) is 56.9 Å². The quantitative estimate of drug-likeness (QED) is 0.319. The molecule has 0 saturated carbocycles. The summed E-state index contributed by atoms with van der Waals surface area (Å²) >= 11 is 0. The summed E-state index contributed by atoms with van der Waals surface area (Å²) in [6, 6.07) is 0. The molecule has 0 aromatic heterocycles. The molecule has 0 aliphatic rings. The monoisotopic (exact) mass is 373 g/mol. The molecule has 0 amide bonds. The second-order valence-electron chi connectivity index (χ2n) is 7.85. The van der Waals surface area contributed by atoms with Crippen molar-refractivity contribution in [1.82, 2.24) is 5.32 Å². The van der Waals surface area contributed by atoms with Crippen LogP contribution in [0.15, 0.2) is 0 Å². The first-order valence-electron chi connectivity index (χ1n) is 9.98. The number of hydrogen-bond donors (Lipinski definition) is 2. The second kappa shape index (κ2) is 16.1. The molecule has 0 bridgehead atoms. The van der Waals surface area contributed by atoms with Gasteiger partial charge < -0.3 is 19.9 Å². The molecule has 0 fully saturated rings. The maximum Gasteiger partial charge on any atom is 0.307 e. The van der Waals surface area contributed by atoms with Crippen LogP contribution in [0.2, 0.25) is 0 Å². The van der Waals surface area contributed by atoms with Crippen molar-refractivity contribution in [2.24, 2.45) is 5.41 Å². The lowest BCUT2D eigenvalue weighted by atomic mass is 9.91. The van der Waals surface area contributed by atoms with Gasteiger partial charge in [0.05, 0.1) is 19.6 Å². The van der Waals surface area contributed by atoms with Gasteiger partial charge in [0.2, 0.25) is 0 Å². The minimum atomic E-state index is -0.174. The van der Waals surface area contributed by atoms with Crippen molar-refractivity contribution in [3.8, 4) is 0 Å². The third-order valence-electron chi connectivity index (χ3n) is 3.91. The number of carbonyl (C=O) groups is 2. The van der Waals surface area contributed by atoms with E-state index >= 15 is 0 Å². The first kappa shape index (κ1) is 24.9. The second-order valence-corrected chi connectivity index (χ2v) is 7.85. The molecule has 0 radical (unpaired) electrons. The fraction of sp³-hybridized carbons (Fsp3) is 0.900. The number of hydrogen-bond acceptors (Lipinski definition) is 6. The van der Waals surface area contributed by atoms with E-state index in [2.05, 4.69) is 26.1 Å². The molecule has 0 aliphatic heterocycles. The normalized spacial score (nSPS) is 11.4. The van der Waals surface area contributed by atoms with Crippen LogP contribution in [-0.4, -0.2) is 50.0 Å². The van der Waals surface area contributed by atoms with Gasteiger partial charge >= 0.3 is 11.9 Å². The molecule has 6 nitrogen and oxygen atoms in total. The van der Waals surface area contributed by atoms with Gasteiger partial charge in [-0.25, -0.2) is 0 Å². The number of rotatable bonds is 16. The zero-order valence-electron chi connectivity index (χ0n) is 17.0. The summed E-state index contributed by atoms with van der Waals surface area (Å²) in [4.78, 5) is 23.1. The number of esters is 2. The Morgan fingerprint density at radius 1 is 0.808 bits per heavy atom. The number of aliphatic hydroxyl groups is 1. The summed E-state index contributed by atoms with van der Waals surface area (Å²) in [6.45, 7) is 8.91. The lowest BCUT2D eigenvalue weighted by molar-refractivity contribution is -0.145. The summed E-state index contributed by atoms with van der Waals surface area (Å²) < 4.78 is 10.4. The molecule has 0 heterocycles. The third-order valence-corrected chi connectivity index (χ3v) is 3.91. The van der Waals surface area contributed by atoms with E-state index in [1.807, 2.05) is 0 Å². The topological polar surface area (TPSA) is 84.9 Å². The van der Waals surface area contributed by atoms with Crippen LogP contribution in [0.5, 0.6) is 0 Å². The highest BCUT2D eigenvalue weighted by molar-refractivity contribution is 5.69. The molecule has 0 aromatic rings. The number of ether oxygens (including phenoxy) is 2. The van der Waals surface area contributed by atoms with Gasteiger partial charge in [-0.15, -0.1) is 0 Å². The molecule has 6 heteroatoms. The van der Waals surface area contributed by atoms with Gasteiger partial charge in [0.25, 0.3) is 0 Å². The van der Waals surface area contributed by atoms with Crippen molar-refractivity contribution < 1.29 is 24.2 Å². The fourth-order valence-electron chi connectivity index (χ4n) is 2.23. The van der Waals surface area contributed by atoms with E-state index in [0.717, 1.165) is 51.5 Å². The minimum Gasteiger partial charge on any atom is -0.466 e. The summed E-state index contributed by atoms with van der Waals surface area (Å²) in [7, 11) is 0. The van der Waals surface area contributed by atoms with Crippen LogP contribution in [0.1, 0.15) is 78.6 Å². The van der Waals surface area contributed by atoms with Crippen molar-refractivity contribution in [2.75, 3.05) is 32.9 Å². The van der Waals surface area contributed by atoms with Gasteiger partial charge in [-0.3, -0.25) is 9.59 Å². The minimum absolute atomic E-state index is 0.112. The van der Waals surface area contributed by atoms with E-state index in [4.69, 9.17) is 14.6 Å². The Hall–Kier alpha value is -1.14. The molecule has 0 aromatic carbocycles. The first-order chi connectivity index (χ1) is 12.3. The highest BCUT2D eigenvalue weighted by Crippen LogP contribution is 2.20. The van der Waals surface area contributed by atoms with Crippen molar-refractivity contribution in [3.63, 3.8) is 0 Å². The van der Waals surface area contributed by atoms with Crippen LogP contribution in [0.25, 0.3) is 0 Å². The highest BCUT2D eigenvalue weighted by Gasteiger charge is 2.13. The number of carbonyl (C=O) groups excluding carboxylic acids is 2. The van der Waals surface area contributed by atoms with Crippen LogP contribution in [0.3, 0.4) is 0 Å². The molecule has 26 heavy (non-hydrogen) atoms. The molecular formula is C20H39NO5. The molecular weight excluding hydrogens is 334 g/mol. The maximum absolute atomic E-state index is 11.6. The van der Waals surface area contributed by atoms with E-state index < -0.39 is 0 Å². The standard InChI is InChI=1S/C20H39NO5/c1-20(2,3)12-10-18(23)25-16-8-4-5-9-17-26-19(24)11-14-21-13-6-7-15-22/h21-22H,4-17H2,1-3H3. The number of nitrogens with one attached hydrogen (secondary N) is 1. The predicted molar refractivity (Wildman–Crippen MR) is 103 cm³/mol. The van der Waals surface area contributed by atoms with Crippen molar-refractivity contribution in [3.05, 3.63) is 0 Å². The fourth-order valence-corrected chi connectivity index (χ4v) is 2.23. The Balaban J connectivity index is 3.32. The van der Waals surface area contributed by atoms with Gasteiger partial charge in [0, 0.05) is 19.6 Å². The maximum atomic E-state index is 11.6. The molecule has 0 aliphatic carbocycles. The van der Waals surface area contributed by atoms with Crippen LogP contribution < -0.4 is 5.32 Å². The largest absolute Gasteiger partial charge is 0.466 e.